The number of para-hydroxylation sites is 4. The van der Waals surface area contributed by atoms with Crippen molar-refractivity contribution in [3.8, 4) is 44.8 Å². The predicted molar refractivity (Wildman–Crippen MR) is 246 cm³/mol. The van der Waals surface area contributed by atoms with Gasteiger partial charge in [-0.3, -0.25) is 0 Å². The molecule has 0 aliphatic heterocycles. The standard InChI is InChI=1S/C56H36N2/c1-3-15-39(16-4-1)57-53-25-13-11-23-49(53)51-35-37(27-33-55(51)57)41-29-31-47(45-21-9-7-19-43(41)45)48-32-30-42(44-20-8-10-22-46(44)48)38-28-34-56-52(36-38)50-24-12-14-26-54(50)58(56)40-17-5-2-6-18-40/h1-36H. The molecule has 0 saturated heterocycles. The molecule has 0 amide bonds. The number of nitrogens with zero attached hydrogens (tertiary/aromatic N) is 2. The van der Waals surface area contributed by atoms with Gasteiger partial charge in [-0.2, -0.15) is 0 Å². The van der Waals surface area contributed by atoms with Gasteiger partial charge in [-0.15, -0.1) is 0 Å². The van der Waals surface area contributed by atoms with Crippen molar-refractivity contribution in [1.82, 2.24) is 9.13 Å². The van der Waals surface area contributed by atoms with Crippen LogP contribution in [-0.2, 0) is 0 Å². The monoisotopic (exact) mass is 736 g/mol. The summed E-state index contributed by atoms with van der Waals surface area (Å²) in [6, 6.07) is 79.9. The van der Waals surface area contributed by atoms with Crippen molar-refractivity contribution >= 4 is 65.2 Å². The van der Waals surface area contributed by atoms with E-state index in [-0.39, 0.29) is 0 Å². The third-order valence-corrected chi connectivity index (χ3v) is 12.1. The van der Waals surface area contributed by atoms with Crippen LogP contribution in [0.4, 0.5) is 0 Å². The molecule has 0 spiro atoms. The number of hydrogen-bond donors (Lipinski definition) is 0. The van der Waals surface area contributed by atoms with Crippen LogP contribution in [0.5, 0.6) is 0 Å². The molecule has 0 aliphatic rings. The van der Waals surface area contributed by atoms with Gasteiger partial charge in [-0.05, 0) is 116 Å². The molecule has 2 heterocycles. The Hall–Kier alpha value is -7.68. The first-order valence-electron chi connectivity index (χ1n) is 20.0. The zero-order valence-electron chi connectivity index (χ0n) is 31.7. The third-order valence-electron chi connectivity index (χ3n) is 12.1. The fourth-order valence-corrected chi connectivity index (χ4v) is 9.56. The van der Waals surface area contributed by atoms with Crippen molar-refractivity contribution in [2.45, 2.75) is 0 Å². The minimum absolute atomic E-state index is 1.17. The van der Waals surface area contributed by atoms with Crippen molar-refractivity contribution in [1.29, 1.82) is 0 Å². The lowest BCUT2D eigenvalue weighted by Gasteiger charge is -2.16. The van der Waals surface area contributed by atoms with E-state index in [4.69, 9.17) is 0 Å². The van der Waals surface area contributed by atoms with Gasteiger partial charge >= 0.3 is 0 Å². The number of rotatable bonds is 5. The van der Waals surface area contributed by atoms with Crippen LogP contribution in [0.2, 0.25) is 0 Å². The highest BCUT2D eigenvalue weighted by Crippen LogP contribution is 2.43. The minimum Gasteiger partial charge on any atom is -0.309 e. The van der Waals surface area contributed by atoms with Crippen LogP contribution in [-0.4, -0.2) is 9.13 Å². The molecule has 0 atom stereocenters. The fraction of sp³-hybridized carbons (Fsp3) is 0. The van der Waals surface area contributed by atoms with E-state index < -0.39 is 0 Å². The Labute approximate surface area is 336 Å². The molecule has 0 bridgehead atoms. The summed E-state index contributed by atoms with van der Waals surface area (Å²) in [6.45, 7) is 0. The summed E-state index contributed by atoms with van der Waals surface area (Å²) in [7, 11) is 0. The van der Waals surface area contributed by atoms with E-state index in [2.05, 4.69) is 228 Å². The smallest absolute Gasteiger partial charge is 0.0541 e. The van der Waals surface area contributed by atoms with E-state index >= 15 is 0 Å². The van der Waals surface area contributed by atoms with E-state index in [0.29, 0.717) is 0 Å². The molecule has 270 valence electrons. The Morgan fingerprint density at radius 1 is 0.207 bits per heavy atom. The van der Waals surface area contributed by atoms with E-state index in [9.17, 15) is 0 Å². The number of aromatic nitrogens is 2. The van der Waals surface area contributed by atoms with Gasteiger partial charge in [-0.1, -0.05) is 158 Å². The number of hydrogen-bond acceptors (Lipinski definition) is 0. The first-order chi connectivity index (χ1) is 28.8. The molecule has 0 aliphatic carbocycles. The molecule has 0 fully saturated rings. The molecule has 0 radical (unpaired) electrons. The molecular formula is C56H36N2. The Bertz CT molecular complexity index is 3310. The maximum absolute atomic E-state index is 2.39. The van der Waals surface area contributed by atoms with Crippen LogP contribution in [0, 0.1) is 0 Å². The second-order valence-electron chi connectivity index (χ2n) is 15.3. The highest BCUT2D eigenvalue weighted by molar-refractivity contribution is 6.16. The van der Waals surface area contributed by atoms with Gasteiger partial charge in [0.05, 0.1) is 22.1 Å². The van der Waals surface area contributed by atoms with Crippen LogP contribution in [0.3, 0.4) is 0 Å². The molecule has 58 heavy (non-hydrogen) atoms. The van der Waals surface area contributed by atoms with Gasteiger partial charge in [-0.25, -0.2) is 0 Å². The molecule has 0 N–H and O–H groups in total. The van der Waals surface area contributed by atoms with Crippen molar-refractivity contribution < 1.29 is 0 Å². The van der Waals surface area contributed by atoms with Gasteiger partial charge in [0, 0.05) is 32.9 Å². The van der Waals surface area contributed by atoms with E-state index in [1.807, 2.05) is 0 Å². The molecule has 2 nitrogen and oxygen atoms in total. The van der Waals surface area contributed by atoms with Gasteiger partial charge < -0.3 is 9.13 Å². The highest BCUT2D eigenvalue weighted by Gasteiger charge is 2.18. The quantitative estimate of drug-likeness (QED) is 0.167. The van der Waals surface area contributed by atoms with Crippen LogP contribution in [0.1, 0.15) is 0 Å². The van der Waals surface area contributed by atoms with E-state index in [1.165, 1.54) is 110 Å². The average molecular weight is 737 g/mol. The third kappa shape index (κ3) is 4.92. The number of fused-ring (bicyclic) bond motifs is 8. The van der Waals surface area contributed by atoms with Crippen molar-refractivity contribution in [3.63, 3.8) is 0 Å². The zero-order chi connectivity index (χ0) is 38.2. The molecule has 2 aromatic heterocycles. The number of benzene rings is 10. The summed E-state index contributed by atoms with van der Waals surface area (Å²) in [5, 5.41) is 10.0. The lowest BCUT2D eigenvalue weighted by Crippen LogP contribution is -1.93. The molecule has 2 heteroatoms. The predicted octanol–water partition coefficient (Wildman–Crippen LogP) is 15.2. The second kappa shape index (κ2) is 12.9. The first-order valence-corrected chi connectivity index (χ1v) is 20.0. The van der Waals surface area contributed by atoms with Crippen LogP contribution >= 0.6 is 0 Å². The van der Waals surface area contributed by atoms with E-state index in [1.54, 1.807) is 0 Å². The van der Waals surface area contributed by atoms with Crippen LogP contribution in [0.15, 0.2) is 218 Å². The molecule has 12 aromatic rings. The minimum atomic E-state index is 1.17. The molecule has 0 unspecified atom stereocenters. The molecular weight excluding hydrogens is 701 g/mol. The fourth-order valence-electron chi connectivity index (χ4n) is 9.56. The Morgan fingerprint density at radius 3 is 0.931 bits per heavy atom. The summed E-state index contributed by atoms with van der Waals surface area (Å²) < 4.78 is 4.76. The summed E-state index contributed by atoms with van der Waals surface area (Å²) in [5.74, 6) is 0. The first kappa shape index (κ1) is 32.6. The Balaban J connectivity index is 1.00. The average Bonchev–Trinajstić information content (AvgIpc) is 3.81. The molecule has 12 rings (SSSR count). The molecule has 0 saturated carbocycles. The normalized spacial score (nSPS) is 11.8. The summed E-state index contributed by atoms with van der Waals surface area (Å²) >= 11 is 0. The lowest BCUT2D eigenvalue weighted by molar-refractivity contribution is 1.18. The van der Waals surface area contributed by atoms with Crippen LogP contribution < -0.4 is 0 Å². The Morgan fingerprint density at radius 2 is 0.517 bits per heavy atom. The van der Waals surface area contributed by atoms with E-state index in [0.717, 1.165) is 0 Å². The molecule has 10 aromatic carbocycles. The maximum Gasteiger partial charge on any atom is 0.0541 e. The largest absolute Gasteiger partial charge is 0.309 e. The summed E-state index contributed by atoms with van der Waals surface area (Å²) in [5.41, 5.74) is 14.6. The van der Waals surface area contributed by atoms with Gasteiger partial charge in [0.1, 0.15) is 0 Å². The van der Waals surface area contributed by atoms with Gasteiger partial charge in [0.15, 0.2) is 0 Å². The highest BCUT2D eigenvalue weighted by atomic mass is 15.0. The second-order valence-corrected chi connectivity index (χ2v) is 15.3. The van der Waals surface area contributed by atoms with Crippen molar-refractivity contribution in [2.75, 3.05) is 0 Å². The lowest BCUT2D eigenvalue weighted by atomic mass is 9.87. The van der Waals surface area contributed by atoms with Crippen molar-refractivity contribution in [3.05, 3.63) is 218 Å². The van der Waals surface area contributed by atoms with Gasteiger partial charge in [0.25, 0.3) is 0 Å². The zero-order valence-corrected chi connectivity index (χ0v) is 31.7. The topological polar surface area (TPSA) is 9.86 Å². The summed E-state index contributed by atoms with van der Waals surface area (Å²) in [4.78, 5) is 0. The SMILES string of the molecule is c1ccc(-n2c3ccccc3c3cc(-c4ccc(-c5ccc(-c6ccc7c(c6)c6ccccc6n7-c6ccccc6)c6ccccc56)c5ccccc45)ccc32)cc1. The van der Waals surface area contributed by atoms with Gasteiger partial charge in [0.2, 0.25) is 0 Å². The van der Waals surface area contributed by atoms with Crippen molar-refractivity contribution in [2.24, 2.45) is 0 Å². The Kier molecular flexibility index (Phi) is 7.26. The maximum atomic E-state index is 2.39. The van der Waals surface area contributed by atoms with Crippen LogP contribution in [0.25, 0.3) is 110 Å². The summed E-state index contributed by atoms with van der Waals surface area (Å²) in [6.07, 6.45) is 0.